The predicted octanol–water partition coefficient (Wildman–Crippen LogP) is 2.73. The molecule has 0 aromatic carbocycles. The zero-order valence-corrected chi connectivity index (χ0v) is 12.2. The normalized spacial score (nSPS) is 14.8. The highest BCUT2D eigenvalue weighted by atomic mass is 16.4. The third kappa shape index (κ3) is 4.82. The van der Waals surface area contributed by atoms with Gasteiger partial charge < -0.3 is 14.6 Å². The van der Waals surface area contributed by atoms with Gasteiger partial charge in [-0.2, -0.15) is 0 Å². The molecule has 1 aliphatic rings. The summed E-state index contributed by atoms with van der Waals surface area (Å²) in [6.07, 6.45) is 7.27. The Bertz CT molecular complexity index is 354. The van der Waals surface area contributed by atoms with Gasteiger partial charge in [0.15, 0.2) is 0 Å². The maximum absolute atomic E-state index is 5.76. The van der Waals surface area contributed by atoms with Gasteiger partial charge in [0.05, 0.1) is 6.54 Å². The maximum Gasteiger partial charge on any atom is 0.318 e. The monoisotopic (exact) mass is 266 g/mol. The van der Waals surface area contributed by atoms with E-state index in [9.17, 15) is 0 Å². The molecule has 1 N–H and O–H groups in total. The Hall–Kier alpha value is -1.10. The van der Waals surface area contributed by atoms with Crippen LogP contribution < -0.4 is 10.2 Å². The van der Waals surface area contributed by atoms with E-state index in [2.05, 4.69) is 34.3 Å². The molecule has 5 heteroatoms. The fraction of sp³-hybridized carbons (Fsp3) is 0.857. The van der Waals surface area contributed by atoms with Crippen LogP contribution in [0.3, 0.4) is 0 Å². The molecule has 0 aliphatic heterocycles. The summed E-state index contributed by atoms with van der Waals surface area (Å²) in [7, 11) is 0. The molecule has 1 fully saturated rings. The topological polar surface area (TPSA) is 54.2 Å². The van der Waals surface area contributed by atoms with Gasteiger partial charge >= 0.3 is 6.01 Å². The van der Waals surface area contributed by atoms with Crippen LogP contribution in [0.5, 0.6) is 0 Å². The number of nitrogens with zero attached hydrogens (tertiary/aromatic N) is 3. The summed E-state index contributed by atoms with van der Waals surface area (Å²) in [6, 6.07) is 1.36. The minimum absolute atomic E-state index is 0.673. The third-order valence-corrected chi connectivity index (χ3v) is 3.41. The first-order valence-corrected chi connectivity index (χ1v) is 7.64. The van der Waals surface area contributed by atoms with Crippen LogP contribution in [-0.2, 0) is 6.54 Å². The molecule has 0 unspecified atom stereocenters. The zero-order chi connectivity index (χ0) is 13.5. The summed E-state index contributed by atoms with van der Waals surface area (Å²) in [5.41, 5.74) is 0. The Kier molecular flexibility index (Phi) is 5.63. The predicted molar refractivity (Wildman–Crippen MR) is 76.2 cm³/mol. The van der Waals surface area contributed by atoms with Gasteiger partial charge in [0.1, 0.15) is 0 Å². The molecule has 0 amide bonds. The van der Waals surface area contributed by atoms with E-state index in [0.717, 1.165) is 13.1 Å². The highest BCUT2D eigenvalue weighted by molar-refractivity contribution is 5.23. The minimum atomic E-state index is 0.673. The fourth-order valence-corrected chi connectivity index (χ4v) is 1.96. The molecular weight excluding hydrogens is 240 g/mol. The van der Waals surface area contributed by atoms with Gasteiger partial charge in [-0.1, -0.05) is 31.8 Å². The first kappa shape index (κ1) is 14.3. The van der Waals surface area contributed by atoms with E-state index < -0.39 is 0 Å². The molecule has 108 valence electrons. The van der Waals surface area contributed by atoms with Gasteiger partial charge in [-0.05, 0) is 25.7 Å². The average Bonchev–Trinajstić information content (AvgIpc) is 3.14. The third-order valence-electron chi connectivity index (χ3n) is 3.41. The largest absolute Gasteiger partial charge is 0.407 e. The molecule has 5 nitrogen and oxygen atoms in total. The van der Waals surface area contributed by atoms with Crippen LogP contribution in [0.2, 0.25) is 0 Å². The molecule has 0 saturated heterocycles. The molecule has 0 atom stereocenters. The van der Waals surface area contributed by atoms with Crippen LogP contribution in [0.1, 0.15) is 58.3 Å². The summed E-state index contributed by atoms with van der Waals surface area (Å²) in [4.78, 5) is 2.22. The van der Waals surface area contributed by atoms with Crippen molar-refractivity contribution in [2.75, 3.05) is 18.0 Å². The Labute approximate surface area is 115 Å². The standard InChI is InChI=1S/C14H26N4O/c1-3-5-9-18(10-6-4-2)14-17-16-13(19-14)11-15-12-7-8-12/h12,15H,3-11H2,1-2H3. The average molecular weight is 266 g/mol. The van der Waals surface area contributed by atoms with Gasteiger partial charge in [0.2, 0.25) is 5.89 Å². The van der Waals surface area contributed by atoms with E-state index in [1.165, 1.54) is 38.5 Å². The molecule has 0 spiro atoms. The summed E-state index contributed by atoms with van der Waals surface area (Å²) in [5, 5.41) is 11.7. The number of hydrogen-bond donors (Lipinski definition) is 1. The van der Waals surface area contributed by atoms with Gasteiger partial charge in [-0.15, -0.1) is 5.10 Å². The summed E-state index contributed by atoms with van der Waals surface area (Å²) in [6.45, 7) is 7.13. The van der Waals surface area contributed by atoms with E-state index in [1.807, 2.05) is 0 Å². The number of aromatic nitrogens is 2. The summed E-state index contributed by atoms with van der Waals surface area (Å²) < 4.78 is 5.76. The molecular formula is C14H26N4O. The van der Waals surface area contributed by atoms with Crippen molar-refractivity contribution in [3.63, 3.8) is 0 Å². The smallest absolute Gasteiger partial charge is 0.318 e. The Morgan fingerprint density at radius 1 is 1.16 bits per heavy atom. The van der Waals surface area contributed by atoms with Gasteiger partial charge in [-0.25, -0.2) is 0 Å². The Morgan fingerprint density at radius 3 is 2.42 bits per heavy atom. The summed E-state index contributed by atoms with van der Waals surface area (Å²) >= 11 is 0. The number of anilines is 1. The molecule has 1 saturated carbocycles. The quantitative estimate of drug-likeness (QED) is 0.705. The second-order valence-electron chi connectivity index (χ2n) is 5.33. The number of hydrogen-bond acceptors (Lipinski definition) is 5. The molecule has 1 aliphatic carbocycles. The van der Waals surface area contributed by atoms with E-state index in [4.69, 9.17) is 4.42 Å². The van der Waals surface area contributed by atoms with Crippen molar-refractivity contribution in [2.24, 2.45) is 0 Å². The van der Waals surface area contributed by atoms with Crippen molar-refractivity contribution in [3.8, 4) is 0 Å². The lowest BCUT2D eigenvalue weighted by Crippen LogP contribution is -2.25. The Morgan fingerprint density at radius 2 is 1.84 bits per heavy atom. The van der Waals surface area contributed by atoms with E-state index in [-0.39, 0.29) is 0 Å². The molecule has 1 aromatic rings. The first-order valence-electron chi connectivity index (χ1n) is 7.64. The van der Waals surface area contributed by atoms with Gasteiger partial charge in [-0.3, -0.25) is 0 Å². The van der Waals surface area contributed by atoms with Gasteiger partial charge in [0.25, 0.3) is 0 Å². The van der Waals surface area contributed by atoms with Crippen LogP contribution in [0, 0.1) is 0 Å². The van der Waals surface area contributed by atoms with E-state index in [0.29, 0.717) is 24.5 Å². The van der Waals surface area contributed by atoms with E-state index >= 15 is 0 Å². The number of unbranched alkanes of at least 4 members (excludes halogenated alkanes) is 2. The molecule has 0 radical (unpaired) electrons. The lowest BCUT2D eigenvalue weighted by Gasteiger charge is -2.19. The van der Waals surface area contributed by atoms with Crippen LogP contribution in [-0.4, -0.2) is 29.3 Å². The second kappa shape index (κ2) is 7.48. The van der Waals surface area contributed by atoms with Crippen molar-refractivity contribution < 1.29 is 4.42 Å². The second-order valence-corrected chi connectivity index (χ2v) is 5.33. The number of rotatable bonds is 10. The van der Waals surface area contributed by atoms with Crippen LogP contribution in [0.15, 0.2) is 4.42 Å². The molecule has 1 aromatic heterocycles. The fourth-order valence-electron chi connectivity index (χ4n) is 1.96. The Balaban J connectivity index is 1.86. The first-order chi connectivity index (χ1) is 9.33. The van der Waals surface area contributed by atoms with Gasteiger partial charge in [0, 0.05) is 19.1 Å². The molecule has 19 heavy (non-hydrogen) atoms. The van der Waals surface area contributed by atoms with Crippen LogP contribution in [0.4, 0.5) is 6.01 Å². The van der Waals surface area contributed by atoms with Crippen molar-refractivity contribution in [1.82, 2.24) is 15.5 Å². The molecule has 1 heterocycles. The highest BCUT2D eigenvalue weighted by Gasteiger charge is 2.21. The van der Waals surface area contributed by atoms with Crippen molar-refractivity contribution in [3.05, 3.63) is 5.89 Å². The molecule has 2 rings (SSSR count). The number of nitrogens with one attached hydrogen (secondary N) is 1. The minimum Gasteiger partial charge on any atom is -0.407 e. The van der Waals surface area contributed by atoms with E-state index in [1.54, 1.807) is 0 Å². The summed E-state index contributed by atoms with van der Waals surface area (Å²) in [5.74, 6) is 0.708. The van der Waals surface area contributed by atoms with Crippen molar-refractivity contribution >= 4 is 6.01 Å². The van der Waals surface area contributed by atoms with Crippen LogP contribution in [0.25, 0.3) is 0 Å². The highest BCUT2D eigenvalue weighted by Crippen LogP contribution is 2.20. The zero-order valence-electron chi connectivity index (χ0n) is 12.2. The van der Waals surface area contributed by atoms with Crippen LogP contribution >= 0.6 is 0 Å². The molecule has 0 bridgehead atoms. The SMILES string of the molecule is CCCCN(CCCC)c1nnc(CNC2CC2)o1. The van der Waals surface area contributed by atoms with Crippen molar-refractivity contribution in [2.45, 2.75) is 65.0 Å². The lowest BCUT2D eigenvalue weighted by atomic mass is 10.3. The lowest BCUT2D eigenvalue weighted by molar-refractivity contribution is 0.456. The maximum atomic E-state index is 5.76. The van der Waals surface area contributed by atoms with Crippen molar-refractivity contribution in [1.29, 1.82) is 0 Å².